The van der Waals surface area contributed by atoms with E-state index in [1.165, 1.54) is 0 Å². The molecule has 15 atom stereocenters. The molecule has 31 nitrogen and oxygen atoms in total. The number of carbonyl (C=O) groups excluding carboxylic acids is 7. The fraction of sp³-hybridized carbons (Fsp3) is 0.781. The van der Waals surface area contributed by atoms with Crippen LogP contribution in [0.1, 0.15) is 48.5 Å². The lowest BCUT2D eigenvalue weighted by atomic mass is 9.94. The lowest BCUT2D eigenvalue weighted by Gasteiger charge is -2.50. The molecule has 3 saturated heterocycles. The lowest BCUT2D eigenvalue weighted by molar-refractivity contribution is -0.368. The van der Waals surface area contributed by atoms with Gasteiger partial charge in [-0.15, -0.1) is 0 Å². The van der Waals surface area contributed by atoms with Gasteiger partial charge in [-0.25, -0.2) is 0 Å². The van der Waals surface area contributed by atoms with Crippen LogP contribution < -0.4 is 0 Å². The second-order valence-corrected chi connectivity index (χ2v) is 13.3. The van der Waals surface area contributed by atoms with E-state index in [0.29, 0.717) is 0 Å². The third-order valence-electron chi connectivity index (χ3n) is 8.63. The molecule has 344 valence electrons. The minimum atomic E-state index is -2.01. The predicted molar refractivity (Wildman–Crippen MR) is 196 cm³/mol. The Kier molecular flexibility index (Phi) is 19.4. The number of rotatable bonds is 18. The molecule has 3 aliphatic rings. The summed E-state index contributed by atoms with van der Waals surface area (Å²) in [5.74, 6) is -7.02. The van der Waals surface area contributed by atoms with Gasteiger partial charge in [-0.2, -0.15) is 0 Å². The van der Waals surface area contributed by atoms with E-state index in [2.05, 4.69) is 40.1 Å². The van der Waals surface area contributed by atoms with Crippen molar-refractivity contribution in [3.63, 3.8) is 0 Å². The Morgan fingerprint density at radius 2 is 0.683 bits per heavy atom. The number of azide groups is 4. The molecule has 0 aliphatic carbocycles. The van der Waals surface area contributed by atoms with Crippen molar-refractivity contribution in [2.24, 2.45) is 20.5 Å². The summed E-state index contributed by atoms with van der Waals surface area (Å²) < 4.78 is 68.9. The van der Waals surface area contributed by atoms with Gasteiger partial charge in [-0.3, -0.25) is 33.6 Å². The summed E-state index contributed by atoms with van der Waals surface area (Å²) in [5.41, 5.74) is 36.9. The second kappa shape index (κ2) is 24.1. The topological polar surface area (TPSA) is 425 Å². The highest BCUT2D eigenvalue weighted by atomic mass is 16.8. The van der Waals surface area contributed by atoms with E-state index in [1.54, 1.807) is 0 Å². The third kappa shape index (κ3) is 14.5. The summed E-state index contributed by atoms with van der Waals surface area (Å²) >= 11 is 0. The van der Waals surface area contributed by atoms with Crippen molar-refractivity contribution in [2.75, 3.05) is 19.6 Å². The fourth-order valence-electron chi connectivity index (χ4n) is 6.71. The first kappa shape index (κ1) is 50.7. The lowest BCUT2D eigenvalue weighted by Crippen LogP contribution is -2.68. The van der Waals surface area contributed by atoms with Crippen molar-refractivity contribution < 1.29 is 90.4 Å². The molecule has 0 unspecified atom stereocenters. The number of esters is 7. The minimum absolute atomic E-state index is 0.611. The Morgan fingerprint density at radius 3 is 1.03 bits per heavy atom. The van der Waals surface area contributed by atoms with E-state index in [9.17, 15) is 50.2 Å². The van der Waals surface area contributed by atoms with Crippen LogP contribution in [0.4, 0.5) is 0 Å². The molecule has 3 rings (SSSR count). The van der Waals surface area contributed by atoms with Gasteiger partial charge in [0.1, 0.15) is 18.3 Å². The minimum Gasteiger partial charge on any atom is -0.456 e. The molecule has 3 aliphatic heterocycles. The quantitative estimate of drug-likeness (QED) is 0.0621. The van der Waals surface area contributed by atoms with Gasteiger partial charge in [0, 0.05) is 68.1 Å². The maximum Gasteiger partial charge on any atom is 0.303 e. The third-order valence-corrected chi connectivity index (χ3v) is 8.63. The molecule has 0 spiro atoms. The molecule has 0 aromatic carbocycles. The van der Waals surface area contributed by atoms with Crippen molar-refractivity contribution in [1.82, 2.24) is 0 Å². The summed E-state index contributed by atoms with van der Waals surface area (Å²) in [6, 6.07) is 0. The van der Waals surface area contributed by atoms with Gasteiger partial charge in [-0.05, 0) is 22.1 Å². The van der Waals surface area contributed by atoms with E-state index >= 15 is 0 Å². The summed E-state index contributed by atoms with van der Waals surface area (Å²) in [7, 11) is 0. The Morgan fingerprint density at radius 1 is 0.397 bits per heavy atom. The van der Waals surface area contributed by atoms with E-state index in [4.69, 9.17) is 62.4 Å². The van der Waals surface area contributed by atoms with Crippen LogP contribution in [0.25, 0.3) is 41.8 Å². The maximum absolute atomic E-state index is 12.8. The van der Waals surface area contributed by atoms with E-state index < -0.39 is 153 Å². The molecule has 0 N–H and O–H groups in total. The SMILES string of the molecule is CC(=O)O[C@@H]1[C@@H](OC(C)=O)[C@@H](N=[N+]=[N-])O[C@H](CN=[N+]=[N-])[C@H]1O[C@H]1O[C@H](CN=[N+]=[N-])[C@@H](O[C@H]2O[C@H](CN=[N+]=[N-])[C@@H](OC(C)=O)[C@H](OC(C)=O)[C@H]2OC(C)=O)[C@H](OC(C)=O)[C@H]1OC(C)=O. The first-order valence-electron chi connectivity index (χ1n) is 18.4. The average Bonchev–Trinajstić information content (AvgIpc) is 3.18. The van der Waals surface area contributed by atoms with Crippen LogP contribution in [0, 0.1) is 0 Å². The number of ether oxygens (including phenoxy) is 12. The van der Waals surface area contributed by atoms with E-state index in [-0.39, 0.29) is 0 Å². The molecule has 0 aromatic heterocycles. The second-order valence-electron chi connectivity index (χ2n) is 13.3. The number of nitrogens with zero attached hydrogens (tertiary/aromatic N) is 12. The smallest absolute Gasteiger partial charge is 0.303 e. The van der Waals surface area contributed by atoms with Gasteiger partial charge in [0.2, 0.25) is 0 Å². The molecular weight excluding hydrogens is 856 g/mol. The zero-order valence-electron chi connectivity index (χ0n) is 34.4. The van der Waals surface area contributed by atoms with Crippen LogP contribution in [0.15, 0.2) is 20.5 Å². The Bertz CT molecular complexity index is 1920. The van der Waals surface area contributed by atoms with Crippen molar-refractivity contribution in [2.45, 2.75) is 141 Å². The first-order valence-corrected chi connectivity index (χ1v) is 18.4. The highest BCUT2D eigenvalue weighted by Crippen LogP contribution is 2.38. The summed E-state index contributed by atoms with van der Waals surface area (Å²) in [6.07, 6.45) is -26.6. The van der Waals surface area contributed by atoms with Crippen LogP contribution in [0.3, 0.4) is 0 Å². The zero-order valence-corrected chi connectivity index (χ0v) is 34.4. The Balaban J connectivity index is 2.28. The van der Waals surface area contributed by atoms with E-state index in [1.807, 2.05) is 0 Å². The maximum atomic E-state index is 12.8. The fourth-order valence-corrected chi connectivity index (χ4v) is 6.71. The Hall–Kier alpha value is -6.67. The largest absolute Gasteiger partial charge is 0.456 e. The summed E-state index contributed by atoms with van der Waals surface area (Å²) in [5, 5.41) is 13.9. The highest BCUT2D eigenvalue weighted by Gasteiger charge is 2.59. The van der Waals surface area contributed by atoms with Crippen LogP contribution in [-0.4, -0.2) is 153 Å². The molecule has 0 amide bonds. The zero-order chi connectivity index (χ0) is 47.0. The predicted octanol–water partition coefficient (Wildman–Crippen LogP) is 1.69. The van der Waals surface area contributed by atoms with Crippen molar-refractivity contribution in [3.8, 4) is 0 Å². The molecule has 0 bridgehead atoms. The van der Waals surface area contributed by atoms with Crippen LogP contribution in [-0.2, 0) is 90.4 Å². The average molecular weight is 899 g/mol. The molecule has 0 radical (unpaired) electrons. The molecule has 0 saturated carbocycles. The van der Waals surface area contributed by atoms with Crippen molar-refractivity contribution >= 4 is 41.8 Å². The Labute approximate surface area is 354 Å². The standard InChI is InChI=1S/C32H42N12O19/c1-11(45)52-21-19(9-38-42-34)60-31(28(57-16(6)50)25(21)54-13(3)47)63-23-20(10-39-43-35)61-32(29(58-17(7)51)26(23)55-14(4)48)62-22-18(8-37-41-33)59-30(40-44-36)27(56-15(5)49)24(22)53-12(2)46/h18-32H,8-10H2,1-7H3/t18-,19-,20-,21-,22-,23-,24+,25+,26+,27-,28-,29-,30+,31-,32-/m1/s1. The first-order chi connectivity index (χ1) is 29.8. The number of hydrogen-bond donors (Lipinski definition) is 0. The van der Waals surface area contributed by atoms with Crippen LogP contribution in [0.5, 0.6) is 0 Å². The molecule has 0 aromatic rings. The molecule has 31 heteroatoms. The van der Waals surface area contributed by atoms with Gasteiger partial charge in [-0.1, -0.05) is 20.5 Å². The van der Waals surface area contributed by atoms with Crippen LogP contribution in [0.2, 0.25) is 0 Å². The number of hydrogen-bond acceptors (Lipinski definition) is 23. The normalized spacial score (nSPS) is 32.1. The molecule has 3 heterocycles. The van der Waals surface area contributed by atoms with Crippen molar-refractivity contribution in [3.05, 3.63) is 41.8 Å². The molecule has 63 heavy (non-hydrogen) atoms. The van der Waals surface area contributed by atoms with Gasteiger partial charge in [0.05, 0.1) is 31.8 Å². The van der Waals surface area contributed by atoms with Gasteiger partial charge in [0.25, 0.3) is 0 Å². The van der Waals surface area contributed by atoms with Gasteiger partial charge in [0.15, 0.2) is 61.5 Å². The van der Waals surface area contributed by atoms with Gasteiger partial charge >= 0.3 is 41.8 Å². The highest BCUT2D eigenvalue weighted by molar-refractivity contribution is 5.69. The van der Waals surface area contributed by atoms with Crippen molar-refractivity contribution in [1.29, 1.82) is 0 Å². The van der Waals surface area contributed by atoms with E-state index in [0.717, 1.165) is 48.5 Å². The van der Waals surface area contributed by atoms with Crippen LogP contribution >= 0.6 is 0 Å². The molecule has 3 fully saturated rings. The number of carbonyl (C=O) groups is 7. The monoisotopic (exact) mass is 898 g/mol. The molecular formula is C32H42N12O19. The summed E-state index contributed by atoms with van der Waals surface area (Å²) in [6.45, 7) is 4.75. The van der Waals surface area contributed by atoms with Gasteiger partial charge < -0.3 is 56.8 Å². The summed E-state index contributed by atoms with van der Waals surface area (Å²) in [4.78, 5) is 98.3.